The van der Waals surface area contributed by atoms with Crippen molar-refractivity contribution in [3.8, 4) is 11.5 Å². The molecule has 0 fully saturated rings. The molecule has 0 aliphatic rings. The highest BCUT2D eigenvalue weighted by Crippen LogP contribution is 2.30. The molecular weight excluding hydrogens is 232 g/mol. The highest BCUT2D eigenvalue weighted by atomic mass is 32.2. The van der Waals surface area contributed by atoms with Crippen LogP contribution in [0.2, 0.25) is 0 Å². The van der Waals surface area contributed by atoms with Gasteiger partial charge in [-0.1, -0.05) is 0 Å². The Bertz CT molecular complexity index is 464. The van der Waals surface area contributed by atoms with Crippen LogP contribution in [-0.4, -0.2) is 26.2 Å². The smallest absolute Gasteiger partial charge is 0.294 e. The van der Waals surface area contributed by atoms with Gasteiger partial charge in [-0.25, -0.2) is 0 Å². The summed E-state index contributed by atoms with van der Waals surface area (Å²) >= 11 is 0. The summed E-state index contributed by atoms with van der Waals surface area (Å²) in [5.74, 6) is 0.703. The average Bonchev–Trinajstić information content (AvgIpc) is 2.15. The maximum Gasteiger partial charge on any atom is 0.294 e. The molecule has 90 valence electrons. The number of methoxy groups -OCH3 is 1. The number of hydrogen-bond donors (Lipinski definition) is 1. The van der Waals surface area contributed by atoms with Crippen LogP contribution in [0.4, 0.5) is 0 Å². The summed E-state index contributed by atoms with van der Waals surface area (Å²) in [6.45, 7) is 3.69. The molecule has 0 spiro atoms. The molecule has 5 nitrogen and oxygen atoms in total. The molecule has 0 atom stereocenters. The van der Waals surface area contributed by atoms with E-state index < -0.39 is 10.1 Å². The van der Waals surface area contributed by atoms with E-state index in [2.05, 4.69) is 0 Å². The summed E-state index contributed by atoms with van der Waals surface area (Å²) in [6, 6.07) is 3.92. The summed E-state index contributed by atoms with van der Waals surface area (Å²) < 4.78 is 41.0. The second-order valence-corrected chi connectivity index (χ2v) is 4.88. The van der Waals surface area contributed by atoms with Gasteiger partial charge in [0, 0.05) is 6.07 Å². The molecule has 1 rings (SSSR count). The van der Waals surface area contributed by atoms with Crippen LogP contribution >= 0.6 is 0 Å². The van der Waals surface area contributed by atoms with Crippen LogP contribution in [0.15, 0.2) is 23.1 Å². The van der Waals surface area contributed by atoms with Crippen molar-refractivity contribution in [3.05, 3.63) is 18.2 Å². The van der Waals surface area contributed by atoms with E-state index in [9.17, 15) is 8.42 Å². The zero-order chi connectivity index (χ0) is 12.3. The van der Waals surface area contributed by atoms with Gasteiger partial charge in [0.2, 0.25) is 0 Å². The number of ether oxygens (including phenoxy) is 2. The highest BCUT2D eigenvalue weighted by molar-refractivity contribution is 7.85. The van der Waals surface area contributed by atoms with Crippen molar-refractivity contribution in [3.63, 3.8) is 0 Å². The maximum absolute atomic E-state index is 10.9. The van der Waals surface area contributed by atoms with E-state index in [0.29, 0.717) is 5.75 Å². The summed E-state index contributed by atoms with van der Waals surface area (Å²) in [5, 5.41) is 0. The van der Waals surface area contributed by atoms with Gasteiger partial charge >= 0.3 is 0 Å². The van der Waals surface area contributed by atoms with Gasteiger partial charge in [-0.15, -0.1) is 0 Å². The Morgan fingerprint density at radius 2 is 1.88 bits per heavy atom. The molecule has 1 aromatic carbocycles. The third kappa shape index (κ3) is 3.11. The first-order valence-electron chi connectivity index (χ1n) is 4.66. The maximum atomic E-state index is 10.9. The lowest BCUT2D eigenvalue weighted by atomic mass is 10.3. The van der Waals surface area contributed by atoms with Crippen LogP contribution < -0.4 is 9.47 Å². The predicted octanol–water partition coefficient (Wildman–Crippen LogP) is 1.73. The summed E-state index contributed by atoms with van der Waals surface area (Å²) in [7, 11) is -2.82. The number of benzene rings is 1. The Hall–Kier alpha value is -1.27. The Kier molecular flexibility index (Phi) is 3.77. The van der Waals surface area contributed by atoms with E-state index in [1.54, 1.807) is 0 Å². The molecular formula is C10H14O5S. The van der Waals surface area contributed by atoms with Gasteiger partial charge in [-0.05, 0) is 26.0 Å². The van der Waals surface area contributed by atoms with E-state index in [-0.39, 0.29) is 16.7 Å². The van der Waals surface area contributed by atoms with Crippen LogP contribution in [-0.2, 0) is 10.1 Å². The largest absolute Gasteiger partial charge is 0.493 e. The standard InChI is InChI=1S/C10H14O5S/c1-7(2)15-9-5-4-8(16(11,12)13)6-10(9)14-3/h4-7H,1-3H3,(H,11,12,13). The number of hydrogen-bond acceptors (Lipinski definition) is 4. The SMILES string of the molecule is COc1cc(S(=O)(=O)O)ccc1OC(C)C. The molecule has 6 heteroatoms. The monoisotopic (exact) mass is 246 g/mol. The van der Waals surface area contributed by atoms with Crippen molar-refractivity contribution in [2.75, 3.05) is 7.11 Å². The molecule has 0 saturated carbocycles. The van der Waals surface area contributed by atoms with Crippen LogP contribution in [0.3, 0.4) is 0 Å². The van der Waals surface area contributed by atoms with Crippen molar-refractivity contribution < 1.29 is 22.4 Å². The van der Waals surface area contributed by atoms with Gasteiger partial charge in [0.25, 0.3) is 10.1 Å². The summed E-state index contributed by atoms with van der Waals surface area (Å²) in [6.07, 6.45) is -0.0505. The summed E-state index contributed by atoms with van der Waals surface area (Å²) in [5.41, 5.74) is 0. The van der Waals surface area contributed by atoms with E-state index >= 15 is 0 Å². The minimum absolute atomic E-state index is 0.0505. The highest BCUT2D eigenvalue weighted by Gasteiger charge is 2.14. The minimum Gasteiger partial charge on any atom is -0.493 e. The molecule has 1 N–H and O–H groups in total. The molecule has 0 radical (unpaired) electrons. The third-order valence-electron chi connectivity index (χ3n) is 1.80. The second-order valence-electron chi connectivity index (χ2n) is 3.45. The number of rotatable bonds is 4. The lowest BCUT2D eigenvalue weighted by molar-refractivity contribution is 0.230. The Labute approximate surface area is 94.7 Å². The quantitative estimate of drug-likeness (QED) is 0.819. The van der Waals surface area contributed by atoms with Crippen LogP contribution in [0.5, 0.6) is 11.5 Å². The van der Waals surface area contributed by atoms with Crippen molar-refractivity contribution >= 4 is 10.1 Å². The molecule has 0 aliphatic heterocycles. The van der Waals surface area contributed by atoms with Gasteiger partial charge in [0.1, 0.15) is 0 Å². The van der Waals surface area contributed by atoms with Gasteiger partial charge in [0.15, 0.2) is 11.5 Å². The van der Waals surface area contributed by atoms with Crippen LogP contribution in [0, 0.1) is 0 Å². The Balaban J connectivity index is 3.17. The fourth-order valence-corrected chi connectivity index (χ4v) is 1.66. The Morgan fingerprint density at radius 3 is 2.31 bits per heavy atom. The van der Waals surface area contributed by atoms with Gasteiger partial charge in [-0.2, -0.15) is 8.42 Å². The van der Waals surface area contributed by atoms with Crippen LogP contribution in [0.25, 0.3) is 0 Å². The molecule has 0 aromatic heterocycles. The van der Waals surface area contributed by atoms with Gasteiger partial charge in [-0.3, -0.25) is 4.55 Å². The van der Waals surface area contributed by atoms with Gasteiger partial charge in [0.05, 0.1) is 18.1 Å². The van der Waals surface area contributed by atoms with E-state index in [1.807, 2.05) is 13.8 Å². The first-order valence-corrected chi connectivity index (χ1v) is 6.11. The summed E-state index contributed by atoms with van der Waals surface area (Å²) in [4.78, 5) is -0.222. The molecule has 0 aliphatic carbocycles. The van der Waals surface area contributed by atoms with Crippen molar-refractivity contribution in [2.24, 2.45) is 0 Å². The molecule has 0 saturated heterocycles. The molecule has 16 heavy (non-hydrogen) atoms. The minimum atomic E-state index is -4.22. The molecule has 1 aromatic rings. The fourth-order valence-electron chi connectivity index (χ4n) is 1.16. The van der Waals surface area contributed by atoms with E-state index in [1.165, 1.54) is 25.3 Å². The topological polar surface area (TPSA) is 72.8 Å². The lowest BCUT2D eigenvalue weighted by Gasteiger charge is -2.13. The first-order chi connectivity index (χ1) is 7.34. The predicted molar refractivity (Wildman–Crippen MR) is 58.6 cm³/mol. The molecule has 0 bridgehead atoms. The van der Waals surface area contributed by atoms with Gasteiger partial charge < -0.3 is 9.47 Å². The normalized spacial score (nSPS) is 11.6. The Morgan fingerprint density at radius 1 is 1.25 bits per heavy atom. The lowest BCUT2D eigenvalue weighted by Crippen LogP contribution is -2.07. The van der Waals surface area contributed by atoms with E-state index in [0.717, 1.165) is 0 Å². The average molecular weight is 246 g/mol. The first kappa shape index (κ1) is 12.8. The molecule has 0 amide bonds. The van der Waals surface area contributed by atoms with Crippen molar-refractivity contribution in [2.45, 2.75) is 24.8 Å². The fraction of sp³-hybridized carbons (Fsp3) is 0.400. The van der Waals surface area contributed by atoms with Crippen molar-refractivity contribution in [1.29, 1.82) is 0 Å². The zero-order valence-corrected chi connectivity index (χ0v) is 10.1. The third-order valence-corrected chi connectivity index (χ3v) is 2.65. The van der Waals surface area contributed by atoms with Crippen LogP contribution in [0.1, 0.15) is 13.8 Å². The van der Waals surface area contributed by atoms with Crippen molar-refractivity contribution in [1.82, 2.24) is 0 Å². The second kappa shape index (κ2) is 4.71. The zero-order valence-electron chi connectivity index (χ0n) is 9.30. The molecule has 0 unspecified atom stereocenters. The van der Waals surface area contributed by atoms with E-state index in [4.69, 9.17) is 14.0 Å². The molecule has 0 heterocycles.